The lowest BCUT2D eigenvalue weighted by Gasteiger charge is -2.40. The average molecular weight is 253 g/mol. The number of piperazine rings is 1. The molecule has 0 aromatic rings. The molecule has 0 unspecified atom stereocenters. The largest absolute Gasteiger partial charge is 0.411 e. The molecule has 2 bridgehead atoms. The van der Waals surface area contributed by atoms with Crippen LogP contribution in [0.1, 0.15) is 19.3 Å². The van der Waals surface area contributed by atoms with E-state index in [1.165, 1.54) is 19.3 Å². The molecule has 5 nitrogen and oxygen atoms in total. The Bertz CT molecular complexity index is 326. The number of aliphatic hydroxyl groups is 1. The fourth-order valence-electron chi connectivity index (χ4n) is 4.09. The van der Waals surface area contributed by atoms with Crippen molar-refractivity contribution in [3.05, 3.63) is 0 Å². The zero-order chi connectivity index (χ0) is 12.5. The van der Waals surface area contributed by atoms with E-state index < -0.39 is 0 Å². The Kier molecular flexibility index (Phi) is 3.54. The summed E-state index contributed by atoms with van der Waals surface area (Å²) in [5, 5.41) is 21.8. The van der Waals surface area contributed by atoms with Crippen molar-refractivity contribution in [2.45, 2.75) is 25.3 Å². The van der Waals surface area contributed by atoms with Gasteiger partial charge in [0.25, 0.3) is 0 Å². The van der Waals surface area contributed by atoms with Crippen LogP contribution < -0.4 is 0 Å². The third-order valence-corrected chi connectivity index (χ3v) is 4.97. The molecule has 0 aromatic carbocycles. The minimum atomic E-state index is 0.247. The van der Waals surface area contributed by atoms with E-state index in [4.69, 9.17) is 5.11 Å². The number of hydrogen-bond acceptors (Lipinski definition) is 5. The summed E-state index contributed by atoms with van der Waals surface area (Å²) >= 11 is 0. The molecule has 18 heavy (non-hydrogen) atoms. The predicted octanol–water partition coefficient (Wildman–Crippen LogP) is 0.225. The summed E-state index contributed by atoms with van der Waals surface area (Å²) in [6.45, 7) is 5.14. The third kappa shape index (κ3) is 2.04. The van der Waals surface area contributed by atoms with Crippen molar-refractivity contribution in [2.24, 2.45) is 17.0 Å². The summed E-state index contributed by atoms with van der Waals surface area (Å²) in [5.74, 6) is 1.26. The fourth-order valence-corrected chi connectivity index (χ4v) is 4.09. The molecule has 3 atom stereocenters. The van der Waals surface area contributed by atoms with Gasteiger partial charge in [-0.2, -0.15) is 0 Å². The Morgan fingerprint density at radius 3 is 2.61 bits per heavy atom. The van der Waals surface area contributed by atoms with Crippen molar-refractivity contribution in [3.8, 4) is 0 Å². The summed E-state index contributed by atoms with van der Waals surface area (Å²) < 4.78 is 0. The van der Waals surface area contributed by atoms with Crippen LogP contribution in [-0.4, -0.2) is 71.2 Å². The van der Waals surface area contributed by atoms with Gasteiger partial charge in [0.2, 0.25) is 0 Å². The molecule has 2 aliphatic carbocycles. The van der Waals surface area contributed by atoms with Crippen LogP contribution in [0.15, 0.2) is 5.16 Å². The lowest BCUT2D eigenvalue weighted by atomic mass is 9.91. The van der Waals surface area contributed by atoms with Gasteiger partial charge in [-0.1, -0.05) is 5.16 Å². The Morgan fingerprint density at radius 1 is 1.17 bits per heavy atom. The van der Waals surface area contributed by atoms with E-state index in [1.54, 1.807) is 0 Å². The van der Waals surface area contributed by atoms with Gasteiger partial charge in [0.15, 0.2) is 0 Å². The molecule has 3 aliphatic rings. The molecule has 5 heteroatoms. The number of fused-ring (bicyclic) bond motifs is 2. The SMILES string of the molecule is OCCN1CCN([C@H]2/C(=N\O)[C@H]3CC[C@H]2C3)CC1. The van der Waals surface area contributed by atoms with Crippen molar-refractivity contribution < 1.29 is 10.3 Å². The molecule has 0 aromatic heterocycles. The lowest BCUT2D eigenvalue weighted by Crippen LogP contribution is -2.54. The van der Waals surface area contributed by atoms with E-state index in [0.29, 0.717) is 17.9 Å². The maximum absolute atomic E-state index is 9.24. The number of nitrogens with zero attached hydrogens (tertiary/aromatic N) is 3. The van der Waals surface area contributed by atoms with Crippen molar-refractivity contribution in [1.29, 1.82) is 0 Å². The van der Waals surface area contributed by atoms with Crippen LogP contribution in [0, 0.1) is 11.8 Å². The molecule has 2 N–H and O–H groups in total. The zero-order valence-electron chi connectivity index (χ0n) is 10.8. The summed E-state index contributed by atoms with van der Waals surface area (Å²) in [6.07, 6.45) is 3.73. The van der Waals surface area contributed by atoms with Gasteiger partial charge >= 0.3 is 0 Å². The second-order valence-electron chi connectivity index (χ2n) is 5.84. The quantitative estimate of drug-likeness (QED) is 0.558. The Balaban J connectivity index is 1.62. The fraction of sp³-hybridized carbons (Fsp3) is 0.923. The molecular formula is C13H23N3O2. The first-order valence-electron chi connectivity index (χ1n) is 7.12. The summed E-state index contributed by atoms with van der Waals surface area (Å²) in [6, 6.07) is 0.394. The third-order valence-electron chi connectivity index (χ3n) is 4.97. The highest BCUT2D eigenvalue weighted by Crippen LogP contribution is 2.45. The molecule has 0 amide bonds. The van der Waals surface area contributed by atoms with Crippen molar-refractivity contribution in [1.82, 2.24) is 9.80 Å². The first kappa shape index (κ1) is 12.4. The minimum Gasteiger partial charge on any atom is -0.411 e. The molecular weight excluding hydrogens is 230 g/mol. The number of aliphatic hydroxyl groups excluding tert-OH is 1. The Labute approximate surface area is 108 Å². The van der Waals surface area contributed by atoms with Crippen molar-refractivity contribution >= 4 is 5.71 Å². The van der Waals surface area contributed by atoms with E-state index in [0.717, 1.165) is 38.4 Å². The minimum absolute atomic E-state index is 0.247. The maximum Gasteiger partial charge on any atom is 0.0775 e. The predicted molar refractivity (Wildman–Crippen MR) is 68.9 cm³/mol. The molecule has 3 rings (SSSR count). The Hall–Kier alpha value is -0.650. The van der Waals surface area contributed by atoms with Gasteiger partial charge in [-0.25, -0.2) is 0 Å². The van der Waals surface area contributed by atoms with Crippen LogP contribution in [0.2, 0.25) is 0 Å². The van der Waals surface area contributed by atoms with E-state index in [-0.39, 0.29) is 6.61 Å². The van der Waals surface area contributed by atoms with Crippen LogP contribution in [0.3, 0.4) is 0 Å². The topological polar surface area (TPSA) is 59.3 Å². The molecule has 0 radical (unpaired) electrons. The number of β-amino-alcohol motifs (C(OH)–C–C–N with tert-alkyl or cyclic N) is 1. The van der Waals surface area contributed by atoms with Gasteiger partial charge in [0, 0.05) is 38.6 Å². The molecule has 3 fully saturated rings. The Morgan fingerprint density at radius 2 is 1.94 bits per heavy atom. The van der Waals surface area contributed by atoms with Gasteiger partial charge in [0.1, 0.15) is 0 Å². The van der Waals surface area contributed by atoms with Gasteiger partial charge in [0.05, 0.1) is 18.4 Å². The number of hydrogen-bond donors (Lipinski definition) is 2. The summed E-state index contributed by atoms with van der Waals surface area (Å²) in [7, 11) is 0. The van der Waals surface area contributed by atoms with Crippen LogP contribution in [0.25, 0.3) is 0 Å². The van der Waals surface area contributed by atoms with Crippen molar-refractivity contribution in [3.63, 3.8) is 0 Å². The molecule has 1 aliphatic heterocycles. The molecule has 0 spiro atoms. The van der Waals surface area contributed by atoms with E-state index >= 15 is 0 Å². The smallest absolute Gasteiger partial charge is 0.0775 e. The van der Waals surface area contributed by atoms with Gasteiger partial charge < -0.3 is 10.3 Å². The average Bonchev–Trinajstić information content (AvgIpc) is 3.00. The first-order chi connectivity index (χ1) is 8.83. The van der Waals surface area contributed by atoms with Crippen LogP contribution in [-0.2, 0) is 0 Å². The lowest BCUT2D eigenvalue weighted by molar-refractivity contribution is 0.0863. The highest BCUT2D eigenvalue weighted by Gasteiger charge is 2.48. The van der Waals surface area contributed by atoms with E-state index in [1.807, 2.05) is 0 Å². The van der Waals surface area contributed by atoms with Crippen LogP contribution >= 0.6 is 0 Å². The van der Waals surface area contributed by atoms with Crippen LogP contribution in [0.5, 0.6) is 0 Å². The highest BCUT2D eigenvalue weighted by atomic mass is 16.4. The van der Waals surface area contributed by atoms with E-state index in [9.17, 15) is 5.21 Å². The molecule has 102 valence electrons. The number of oxime groups is 1. The standard InChI is InChI=1S/C13H23N3O2/c17-8-7-15-3-5-16(6-4-15)13-11-2-1-10(9-11)12(13)14-18/h10-11,13,17-18H,1-9H2/b14-12-/t10-,11-,13+/m0/s1. The maximum atomic E-state index is 9.24. The van der Waals surface area contributed by atoms with Gasteiger partial charge in [-0.15, -0.1) is 0 Å². The second-order valence-corrected chi connectivity index (χ2v) is 5.84. The normalized spacial score (nSPS) is 39.8. The molecule has 1 saturated heterocycles. The summed E-state index contributed by atoms with van der Waals surface area (Å²) in [5.41, 5.74) is 1.04. The van der Waals surface area contributed by atoms with Crippen molar-refractivity contribution in [2.75, 3.05) is 39.3 Å². The first-order valence-corrected chi connectivity index (χ1v) is 7.12. The zero-order valence-corrected chi connectivity index (χ0v) is 10.8. The highest BCUT2D eigenvalue weighted by molar-refractivity contribution is 5.94. The second kappa shape index (κ2) is 5.15. The van der Waals surface area contributed by atoms with Gasteiger partial charge in [-0.05, 0) is 25.2 Å². The monoisotopic (exact) mass is 253 g/mol. The van der Waals surface area contributed by atoms with Gasteiger partial charge in [-0.3, -0.25) is 9.80 Å². The van der Waals surface area contributed by atoms with Crippen LogP contribution in [0.4, 0.5) is 0 Å². The molecule has 2 saturated carbocycles. The number of rotatable bonds is 3. The molecule has 1 heterocycles. The summed E-state index contributed by atoms with van der Waals surface area (Å²) in [4.78, 5) is 4.80. The van der Waals surface area contributed by atoms with E-state index in [2.05, 4.69) is 15.0 Å².